The molecule has 0 saturated carbocycles. The van der Waals surface area contributed by atoms with E-state index in [1.807, 2.05) is 47.4 Å². The quantitative estimate of drug-likeness (QED) is 0.558. The third kappa shape index (κ3) is 5.69. The molecule has 0 aliphatic carbocycles. The van der Waals surface area contributed by atoms with E-state index in [-0.39, 0.29) is 5.91 Å². The van der Waals surface area contributed by atoms with Gasteiger partial charge in [0.15, 0.2) is 0 Å². The number of tetrazole rings is 1. The molecule has 1 aliphatic heterocycles. The number of aromatic nitrogens is 4. The number of benzene rings is 2. The van der Waals surface area contributed by atoms with Gasteiger partial charge in [-0.25, -0.2) is 0 Å². The number of rotatable bonds is 8. The Bertz CT molecular complexity index is 963. The van der Waals surface area contributed by atoms with Crippen molar-refractivity contribution < 1.29 is 9.53 Å². The van der Waals surface area contributed by atoms with Crippen LogP contribution in [0.2, 0.25) is 0 Å². The lowest BCUT2D eigenvalue weighted by atomic mass is 9.90. The molecule has 7 nitrogen and oxygen atoms in total. The highest BCUT2D eigenvalue weighted by molar-refractivity contribution is 5.76. The molecule has 1 fully saturated rings. The Morgan fingerprint density at radius 3 is 2.52 bits per heavy atom. The summed E-state index contributed by atoms with van der Waals surface area (Å²) in [6.07, 6.45) is 4.42. The highest BCUT2D eigenvalue weighted by atomic mass is 16.5. The summed E-state index contributed by atoms with van der Waals surface area (Å²) in [5.41, 5.74) is 2.28. The van der Waals surface area contributed by atoms with Crippen LogP contribution in [-0.2, 0) is 17.8 Å². The van der Waals surface area contributed by atoms with Gasteiger partial charge in [-0.2, -0.15) is 4.80 Å². The number of aryl methyl sites for hydroxylation is 1. The number of methoxy groups -OCH3 is 1. The minimum atomic E-state index is 0.228. The smallest absolute Gasteiger partial charge is 0.222 e. The van der Waals surface area contributed by atoms with E-state index < -0.39 is 0 Å². The highest BCUT2D eigenvalue weighted by Crippen LogP contribution is 2.23. The van der Waals surface area contributed by atoms with Crippen molar-refractivity contribution in [1.82, 2.24) is 25.1 Å². The lowest BCUT2D eigenvalue weighted by molar-refractivity contribution is -0.132. The molecule has 0 atom stereocenters. The lowest BCUT2D eigenvalue weighted by Gasteiger charge is -2.32. The number of likely N-dealkylation sites (tertiary alicyclic amines) is 1. The molecule has 0 radical (unpaired) electrons. The Kier molecular flexibility index (Phi) is 6.92. The molecule has 0 bridgehead atoms. The molecule has 0 spiro atoms. The lowest BCUT2D eigenvalue weighted by Crippen LogP contribution is -2.38. The van der Waals surface area contributed by atoms with E-state index in [1.54, 1.807) is 11.9 Å². The Labute approximate surface area is 183 Å². The summed E-state index contributed by atoms with van der Waals surface area (Å²) in [5.74, 6) is 2.37. The average Bonchev–Trinajstić information content (AvgIpc) is 3.29. The molecule has 1 amide bonds. The van der Waals surface area contributed by atoms with E-state index in [0.717, 1.165) is 50.1 Å². The van der Waals surface area contributed by atoms with E-state index in [1.165, 1.54) is 5.56 Å². The highest BCUT2D eigenvalue weighted by Gasteiger charge is 2.22. The number of ether oxygens (including phenoxy) is 1. The van der Waals surface area contributed by atoms with E-state index in [2.05, 4.69) is 27.5 Å². The topological polar surface area (TPSA) is 73.1 Å². The fraction of sp³-hybridized carbons (Fsp3) is 0.417. The number of hydrogen-bond donors (Lipinski definition) is 0. The Hall–Kier alpha value is -3.22. The first-order valence-electron chi connectivity index (χ1n) is 10.9. The van der Waals surface area contributed by atoms with Gasteiger partial charge >= 0.3 is 0 Å². The molecule has 3 aromatic rings. The molecule has 2 aromatic carbocycles. The van der Waals surface area contributed by atoms with E-state index in [4.69, 9.17) is 4.74 Å². The predicted octanol–water partition coefficient (Wildman–Crippen LogP) is 3.61. The van der Waals surface area contributed by atoms with Crippen LogP contribution in [0.5, 0.6) is 5.75 Å². The van der Waals surface area contributed by atoms with Crippen LogP contribution >= 0.6 is 0 Å². The minimum Gasteiger partial charge on any atom is -0.497 e. The van der Waals surface area contributed by atoms with Gasteiger partial charge in [0.1, 0.15) is 5.75 Å². The Balaban J connectivity index is 1.18. The van der Waals surface area contributed by atoms with Crippen LogP contribution in [-0.4, -0.2) is 51.2 Å². The summed E-state index contributed by atoms with van der Waals surface area (Å²) < 4.78 is 5.22. The summed E-state index contributed by atoms with van der Waals surface area (Å²) in [7, 11) is 1.69. The van der Waals surface area contributed by atoms with Crippen molar-refractivity contribution in [3.05, 3.63) is 60.2 Å². The fourth-order valence-corrected chi connectivity index (χ4v) is 4.05. The van der Waals surface area contributed by atoms with Crippen LogP contribution in [0.15, 0.2) is 54.6 Å². The van der Waals surface area contributed by atoms with Crippen LogP contribution in [0, 0.1) is 5.92 Å². The fourth-order valence-electron chi connectivity index (χ4n) is 4.05. The molecule has 162 valence electrons. The number of carbonyl (C=O) groups is 1. The van der Waals surface area contributed by atoms with Crippen molar-refractivity contribution in [2.75, 3.05) is 20.2 Å². The maximum absolute atomic E-state index is 12.6. The van der Waals surface area contributed by atoms with Gasteiger partial charge in [-0.05, 0) is 54.5 Å². The maximum Gasteiger partial charge on any atom is 0.222 e. The van der Waals surface area contributed by atoms with E-state index >= 15 is 0 Å². The van der Waals surface area contributed by atoms with Crippen LogP contribution in [0.1, 0.15) is 31.2 Å². The number of carbonyl (C=O) groups excluding carboxylic acids is 1. The third-order valence-electron chi connectivity index (χ3n) is 5.88. The molecule has 31 heavy (non-hydrogen) atoms. The van der Waals surface area contributed by atoms with Gasteiger partial charge in [0, 0.05) is 25.1 Å². The van der Waals surface area contributed by atoms with E-state index in [9.17, 15) is 4.79 Å². The second-order valence-electron chi connectivity index (χ2n) is 8.05. The molecule has 0 N–H and O–H groups in total. The van der Waals surface area contributed by atoms with Crippen molar-refractivity contribution in [3.8, 4) is 17.1 Å². The zero-order valence-corrected chi connectivity index (χ0v) is 18.0. The van der Waals surface area contributed by atoms with Crippen molar-refractivity contribution >= 4 is 5.91 Å². The molecule has 1 aliphatic rings. The summed E-state index contributed by atoms with van der Waals surface area (Å²) >= 11 is 0. The monoisotopic (exact) mass is 419 g/mol. The van der Waals surface area contributed by atoms with Gasteiger partial charge in [-0.3, -0.25) is 4.79 Å². The average molecular weight is 420 g/mol. The zero-order valence-electron chi connectivity index (χ0n) is 18.0. The Morgan fingerprint density at radius 1 is 1.06 bits per heavy atom. The zero-order chi connectivity index (χ0) is 21.5. The second-order valence-corrected chi connectivity index (χ2v) is 8.05. The van der Waals surface area contributed by atoms with Crippen LogP contribution in [0.3, 0.4) is 0 Å². The van der Waals surface area contributed by atoms with Crippen molar-refractivity contribution in [1.29, 1.82) is 0 Å². The molecular formula is C24H29N5O2. The van der Waals surface area contributed by atoms with Crippen LogP contribution in [0.4, 0.5) is 0 Å². The minimum absolute atomic E-state index is 0.228. The first-order valence-corrected chi connectivity index (χ1v) is 10.9. The molecule has 7 heteroatoms. The summed E-state index contributed by atoms with van der Waals surface area (Å²) in [6.45, 7) is 2.29. The van der Waals surface area contributed by atoms with Crippen molar-refractivity contribution in [2.24, 2.45) is 5.92 Å². The number of hydrogen-bond acceptors (Lipinski definition) is 5. The van der Waals surface area contributed by atoms with Gasteiger partial charge in [-0.15, -0.1) is 10.2 Å². The summed E-state index contributed by atoms with van der Waals surface area (Å²) in [4.78, 5) is 16.2. The van der Waals surface area contributed by atoms with Crippen molar-refractivity contribution in [3.63, 3.8) is 0 Å². The van der Waals surface area contributed by atoms with Crippen molar-refractivity contribution in [2.45, 2.75) is 38.6 Å². The first-order chi connectivity index (χ1) is 15.2. The summed E-state index contributed by atoms with van der Waals surface area (Å²) in [6, 6.07) is 18.1. The number of nitrogens with zero attached hydrogens (tertiary/aromatic N) is 5. The molecule has 2 heterocycles. The number of piperidine rings is 1. The summed E-state index contributed by atoms with van der Waals surface area (Å²) in [5, 5.41) is 12.6. The maximum atomic E-state index is 12.6. The number of amides is 1. The largest absolute Gasteiger partial charge is 0.497 e. The second kappa shape index (κ2) is 10.2. The SMILES string of the molecule is COc1ccc(CC2CCN(C(=O)CCCn3nnc(-c4ccccc4)n3)CC2)cc1. The first kappa shape index (κ1) is 21.0. The Morgan fingerprint density at radius 2 is 1.81 bits per heavy atom. The van der Waals surface area contributed by atoms with Gasteiger partial charge in [0.05, 0.1) is 13.7 Å². The molecule has 1 aromatic heterocycles. The van der Waals surface area contributed by atoms with Gasteiger partial charge in [0.25, 0.3) is 0 Å². The van der Waals surface area contributed by atoms with Gasteiger partial charge in [-0.1, -0.05) is 42.5 Å². The molecular weight excluding hydrogens is 390 g/mol. The standard InChI is InChI=1S/C24H29N5O2/c1-31-22-11-9-19(10-12-22)18-20-13-16-28(17-14-20)23(30)8-5-15-29-26-24(25-27-29)21-6-3-2-4-7-21/h2-4,6-7,9-12,20H,5,8,13-18H2,1H3. The van der Waals surface area contributed by atoms with Crippen LogP contribution < -0.4 is 4.74 Å². The third-order valence-corrected chi connectivity index (χ3v) is 5.88. The molecule has 4 rings (SSSR count). The van der Waals surface area contributed by atoms with E-state index in [0.29, 0.717) is 24.7 Å². The predicted molar refractivity (Wildman–Crippen MR) is 118 cm³/mol. The normalized spacial score (nSPS) is 14.5. The molecule has 1 saturated heterocycles. The van der Waals surface area contributed by atoms with Gasteiger partial charge < -0.3 is 9.64 Å². The van der Waals surface area contributed by atoms with Gasteiger partial charge in [0.2, 0.25) is 11.7 Å². The van der Waals surface area contributed by atoms with Crippen LogP contribution in [0.25, 0.3) is 11.4 Å². The molecule has 0 unspecified atom stereocenters.